The van der Waals surface area contributed by atoms with Crippen molar-refractivity contribution in [1.29, 1.82) is 0 Å². The molecule has 0 bridgehead atoms. The van der Waals surface area contributed by atoms with Crippen molar-refractivity contribution < 1.29 is 34.7 Å². The minimum absolute atomic E-state index is 0.263. The van der Waals surface area contributed by atoms with E-state index < -0.39 is 37.3 Å². The molecule has 0 saturated carbocycles. The largest absolute Gasteiger partial charge is 0.462 e. The molecule has 1 aliphatic heterocycles. The summed E-state index contributed by atoms with van der Waals surface area (Å²) in [6.07, 6.45) is -6.07. The number of carbonyl (C=O) groups excluding carboxylic acids is 1. The Bertz CT molecular complexity index is 462. The molecule has 1 saturated heterocycles. The van der Waals surface area contributed by atoms with Gasteiger partial charge in [0, 0.05) is 5.56 Å². The molecule has 0 unspecified atom stereocenters. The Morgan fingerprint density at radius 1 is 1.20 bits per heavy atom. The van der Waals surface area contributed by atoms with Crippen LogP contribution in [0, 0.1) is 0 Å². The summed E-state index contributed by atoms with van der Waals surface area (Å²) < 4.78 is 10.5. The summed E-state index contributed by atoms with van der Waals surface area (Å²) in [6, 6.07) is 6.15. The van der Waals surface area contributed by atoms with Crippen molar-refractivity contribution in [3.05, 3.63) is 29.8 Å². The zero-order valence-corrected chi connectivity index (χ0v) is 10.5. The van der Waals surface area contributed by atoms with E-state index in [1.165, 1.54) is 6.07 Å². The number of aliphatic hydroxyl groups excluding tert-OH is 4. The molecule has 110 valence electrons. The van der Waals surface area contributed by atoms with E-state index in [2.05, 4.69) is 0 Å². The van der Waals surface area contributed by atoms with Crippen molar-refractivity contribution >= 4 is 6.29 Å². The number of rotatable bonds is 4. The Kier molecular flexibility index (Phi) is 4.69. The summed E-state index contributed by atoms with van der Waals surface area (Å²) in [5, 5.41) is 38.1. The first kappa shape index (κ1) is 14.9. The third kappa shape index (κ3) is 2.97. The number of benzene rings is 1. The van der Waals surface area contributed by atoms with Crippen LogP contribution >= 0.6 is 0 Å². The number of aliphatic hydroxyl groups is 4. The summed E-state index contributed by atoms with van der Waals surface area (Å²) in [5.74, 6) is 0.263. The standard InChI is InChI=1S/C13H16O7/c14-5-7-2-1-3-8(4-7)19-13-12(18)11(17)10(16)9(6-15)20-13/h1-5,9-13,15-18H,6H2/t9-,10-,11+,12-,13-/m1/s1. The normalized spacial score (nSPS) is 33.7. The molecule has 0 spiro atoms. The van der Waals surface area contributed by atoms with Gasteiger partial charge in [0.2, 0.25) is 6.29 Å². The van der Waals surface area contributed by atoms with Crippen molar-refractivity contribution in [1.82, 2.24) is 0 Å². The number of aldehydes is 1. The van der Waals surface area contributed by atoms with Gasteiger partial charge in [0.15, 0.2) is 0 Å². The Labute approximate surface area is 115 Å². The Balaban J connectivity index is 2.12. The number of hydrogen-bond donors (Lipinski definition) is 4. The molecule has 1 aromatic carbocycles. The van der Waals surface area contributed by atoms with Crippen LogP contribution in [0.3, 0.4) is 0 Å². The highest BCUT2D eigenvalue weighted by Gasteiger charge is 2.44. The van der Waals surface area contributed by atoms with E-state index >= 15 is 0 Å². The molecule has 0 aliphatic carbocycles. The minimum Gasteiger partial charge on any atom is -0.462 e. The zero-order valence-electron chi connectivity index (χ0n) is 10.5. The topological polar surface area (TPSA) is 116 Å². The van der Waals surface area contributed by atoms with Crippen molar-refractivity contribution in [2.75, 3.05) is 6.61 Å². The highest BCUT2D eigenvalue weighted by molar-refractivity contribution is 5.75. The first-order chi connectivity index (χ1) is 9.56. The second-order valence-corrected chi connectivity index (χ2v) is 4.51. The maximum Gasteiger partial charge on any atom is 0.229 e. The molecule has 20 heavy (non-hydrogen) atoms. The van der Waals surface area contributed by atoms with E-state index in [9.17, 15) is 20.1 Å². The van der Waals surface area contributed by atoms with Gasteiger partial charge in [-0.25, -0.2) is 0 Å². The Morgan fingerprint density at radius 2 is 1.95 bits per heavy atom. The van der Waals surface area contributed by atoms with Crippen molar-refractivity contribution in [3.8, 4) is 5.75 Å². The molecule has 0 aromatic heterocycles. The van der Waals surface area contributed by atoms with E-state index in [0.29, 0.717) is 11.8 Å². The molecular formula is C13H16O7. The number of hydrogen-bond acceptors (Lipinski definition) is 7. The highest BCUT2D eigenvalue weighted by Crippen LogP contribution is 2.24. The van der Waals surface area contributed by atoms with Gasteiger partial charge >= 0.3 is 0 Å². The second-order valence-electron chi connectivity index (χ2n) is 4.51. The molecule has 7 heteroatoms. The van der Waals surface area contributed by atoms with Gasteiger partial charge < -0.3 is 29.9 Å². The lowest BCUT2D eigenvalue weighted by Crippen LogP contribution is -2.60. The average molecular weight is 284 g/mol. The average Bonchev–Trinajstić information content (AvgIpc) is 2.48. The van der Waals surface area contributed by atoms with E-state index in [4.69, 9.17) is 14.6 Å². The maximum atomic E-state index is 10.7. The molecule has 1 aliphatic rings. The minimum atomic E-state index is -1.50. The van der Waals surface area contributed by atoms with Crippen LogP contribution < -0.4 is 4.74 Å². The molecule has 0 amide bonds. The molecular weight excluding hydrogens is 268 g/mol. The van der Waals surface area contributed by atoms with Gasteiger partial charge in [0.1, 0.15) is 36.5 Å². The lowest BCUT2D eigenvalue weighted by molar-refractivity contribution is -0.277. The SMILES string of the molecule is O=Cc1cccc(O[C@@H]2O[C@H](CO)[C@@H](O)[C@H](O)[C@H]2O)c1. The fourth-order valence-corrected chi connectivity index (χ4v) is 1.96. The molecule has 7 nitrogen and oxygen atoms in total. The molecule has 1 heterocycles. The first-order valence-corrected chi connectivity index (χ1v) is 6.09. The monoisotopic (exact) mass is 284 g/mol. The highest BCUT2D eigenvalue weighted by atomic mass is 16.7. The maximum absolute atomic E-state index is 10.7. The van der Waals surface area contributed by atoms with Crippen molar-refractivity contribution in [2.45, 2.75) is 30.7 Å². The van der Waals surface area contributed by atoms with Crippen LogP contribution in [-0.2, 0) is 4.74 Å². The molecule has 0 radical (unpaired) electrons. The summed E-state index contributed by atoms with van der Waals surface area (Å²) in [5.41, 5.74) is 0.382. The smallest absolute Gasteiger partial charge is 0.229 e. The van der Waals surface area contributed by atoms with Crippen LogP contribution in [0.4, 0.5) is 0 Å². The zero-order chi connectivity index (χ0) is 14.7. The van der Waals surface area contributed by atoms with E-state index in [0.717, 1.165) is 0 Å². The van der Waals surface area contributed by atoms with Crippen LogP contribution in [-0.4, -0.2) is 64.0 Å². The lowest BCUT2D eigenvalue weighted by Gasteiger charge is -2.39. The van der Waals surface area contributed by atoms with Crippen LogP contribution in [0.2, 0.25) is 0 Å². The third-order valence-corrected chi connectivity index (χ3v) is 3.09. The van der Waals surface area contributed by atoms with Crippen molar-refractivity contribution in [3.63, 3.8) is 0 Å². The number of carbonyl (C=O) groups is 1. The van der Waals surface area contributed by atoms with E-state index in [1.54, 1.807) is 18.2 Å². The molecule has 4 N–H and O–H groups in total. The predicted octanol–water partition coefficient (Wildman–Crippen LogP) is -1.32. The van der Waals surface area contributed by atoms with Gasteiger partial charge in [0.25, 0.3) is 0 Å². The van der Waals surface area contributed by atoms with Crippen LogP contribution in [0.5, 0.6) is 5.75 Å². The Morgan fingerprint density at radius 3 is 2.60 bits per heavy atom. The lowest BCUT2D eigenvalue weighted by atomic mass is 9.99. The van der Waals surface area contributed by atoms with E-state index in [-0.39, 0.29) is 5.75 Å². The summed E-state index contributed by atoms with van der Waals surface area (Å²) in [4.78, 5) is 10.7. The molecule has 1 aromatic rings. The van der Waals surface area contributed by atoms with Crippen molar-refractivity contribution in [2.24, 2.45) is 0 Å². The fraction of sp³-hybridized carbons (Fsp3) is 0.462. The third-order valence-electron chi connectivity index (χ3n) is 3.09. The summed E-state index contributed by atoms with van der Waals surface area (Å²) >= 11 is 0. The first-order valence-electron chi connectivity index (χ1n) is 6.09. The summed E-state index contributed by atoms with van der Waals surface area (Å²) in [6.45, 7) is -0.529. The second kappa shape index (κ2) is 6.29. The molecule has 1 fully saturated rings. The van der Waals surface area contributed by atoms with E-state index in [1.807, 2.05) is 0 Å². The van der Waals surface area contributed by atoms with Crippen LogP contribution in [0.1, 0.15) is 10.4 Å². The van der Waals surface area contributed by atoms with Gasteiger partial charge in [-0.3, -0.25) is 4.79 Å². The summed E-state index contributed by atoms with van der Waals surface area (Å²) in [7, 11) is 0. The van der Waals surface area contributed by atoms with Gasteiger partial charge in [-0.1, -0.05) is 12.1 Å². The van der Waals surface area contributed by atoms with Crippen LogP contribution in [0.25, 0.3) is 0 Å². The predicted molar refractivity (Wildman–Crippen MR) is 66.2 cm³/mol. The van der Waals surface area contributed by atoms with Gasteiger partial charge in [-0.15, -0.1) is 0 Å². The van der Waals surface area contributed by atoms with Gasteiger partial charge in [-0.2, -0.15) is 0 Å². The molecule has 2 rings (SSSR count). The fourth-order valence-electron chi connectivity index (χ4n) is 1.96. The van der Waals surface area contributed by atoms with Gasteiger partial charge in [0.05, 0.1) is 6.61 Å². The Hall–Kier alpha value is -1.51. The van der Waals surface area contributed by atoms with Crippen LogP contribution in [0.15, 0.2) is 24.3 Å². The number of ether oxygens (including phenoxy) is 2. The molecule has 5 atom stereocenters. The quantitative estimate of drug-likeness (QED) is 0.507. The van der Waals surface area contributed by atoms with Gasteiger partial charge in [-0.05, 0) is 12.1 Å².